The number of anilines is 1. The Labute approximate surface area is 130 Å². The van der Waals surface area contributed by atoms with Crippen molar-refractivity contribution in [3.8, 4) is 11.5 Å². The quantitative estimate of drug-likeness (QED) is 0.862. The van der Waals surface area contributed by atoms with E-state index in [9.17, 15) is 8.78 Å². The predicted molar refractivity (Wildman–Crippen MR) is 80.9 cm³/mol. The summed E-state index contributed by atoms with van der Waals surface area (Å²) in [6, 6.07) is 7.54. The highest BCUT2D eigenvalue weighted by atomic mass is 79.9. The van der Waals surface area contributed by atoms with E-state index in [0.717, 1.165) is 16.1 Å². The van der Waals surface area contributed by atoms with E-state index in [1.165, 1.54) is 19.2 Å². The molecule has 6 heteroatoms. The Hall–Kier alpha value is -1.82. The maximum atomic E-state index is 13.6. The number of benzene rings is 2. The minimum atomic E-state index is -0.894. The Morgan fingerprint density at radius 1 is 1.10 bits per heavy atom. The van der Waals surface area contributed by atoms with Crippen LogP contribution in [-0.2, 0) is 6.54 Å². The average molecular weight is 358 g/mol. The smallest absolute Gasteiger partial charge is 0.181 e. The van der Waals surface area contributed by atoms with Gasteiger partial charge in [-0.25, -0.2) is 8.78 Å². The molecule has 0 amide bonds. The molecule has 112 valence electrons. The molecule has 2 rings (SSSR count). The van der Waals surface area contributed by atoms with Gasteiger partial charge in [0.2, 0.25) is 0 Å². The molecule has 0 aromatic heterocycles. The largest absolute Gasteiger partial charge is 0.493 e. The van der Waals surface area contributed by atoms with E-state index in [-0.39, 0.29) is 5.69 Å². The molecule has 1 N–H and O–H groups in total. The lowest BCUT2D eigenvalue weighted by molar-refractivity contribution is 0.354. The molecule has 0 radical (unpaired) electrons. The van der Waals surface area contributed by atoms with Crippen LogP contribution < -0.4 is 14.8 Å². The Balaban J connectivity index is 2.22. The molecule has 0 bridgehead atoms. The van der Waals surface area contributed by atoms with Crippen LogP contribution in [0.15, 0.2) is 34.8 Å². The fraction of sp³-hybridized carbons (Fsp3) is 0.200. The van der Waals surface area contributed by atoms with Gasteiger partial charge in [-0.3, -0.25) is 0 Å². The van der Waals surface area contributed by atoms with Gasteiger partial charge >= 0.3 is 0 Å². The van der Waals surface area contributed by atoms with E-state index in [0.29, 0.717) is 18.0 Å². The number of nitrogens with one attached hydrogen (secondary N) is 1. The molecule has 0 saturated carbocycles. The third-order valence-corrected chi connectivity index (χ3v) is 3.71. The van der Waals surface area contributed by atoms with Crippen molar-refractivity contribution < 1.29 is 18.3 Å². The van der Waals surface area contributed by atoms with Crippen LogP contribution >= 0.6 is 15.9 Å². The Bertz CT molecular complexity index is 650. The number of methoxy groups -OCH3 is 2. The van der Waals surface area contributed by atoms with Crippen LogP contribution in [-0.4, -0.2) is 14.2 Å². The molecule has 2 aromatic carbocycles. The van der Waals surface area contributed by atoms with Crippen molar-refractivity contribution in [1.82, 2.24) is 0 Å². The van der Waals surface area contributed by atoms with Crippen LogP contribution in [0.5, 0.6) is 11.5 Å². The molecular formula is C15H14BrF2NO2. The third kappa shape index (κ3) is 3.44. The molecule has 0 aliphatic heterocycles. The highest BCUT2D eigenvalue weighted by Crippen LogP contribution is 2.33. The number of halogens is 3. The maximum Gasteiger partial charge on any atom is 0.181 e. The lowest BCUT2D eigenvalue weighted by Crippen LogP contribution is -2.04. The molecule has 21 heavy (non-hydrogen) atoms. The molecule has 0 aliphatic rings. The van der Waals surface area contributed by atoms with Gasteiger partial charge in [-0.15, -0.1) is 0 Å². The first-order chi connectivity index (χ1) is 10.1. The van der Waals surface area contributed by atoms with E-state index in [4.69, 9.17) is 9.47 Å². The van der Waals surface area contributed by atoms with Gasteiger partial charge in [-0.2, -0.15) is 0 Å². The van der Waals surface area contributed by atoms with E-state index in [1.54, 1.807) is 19.2 Å². The molecule has 0 heterocycles. The number of ether oxygens (including phenoxy) is 2. The Kier molecular flexibility index (Phi) is 5.01. The molecule has 0 unspecified atom stereocenters. The van der Waals surface area contributed by atoms with E-state index in [2.05, 4.69) is 21.2 Å². The highest BCUT2D eigenvalue weighted by molar-refractivity contribution is 9.10. The second-order valence-corrected chi connectivity index (χ2v) is 5.11. The lowest BCUT2D eigenvalue weighted by Gasteiger charge is -2.13. The van der Waals surface area contributed by atoms with Gasteiger partial charge in [0.1, 0.15) is 0 Å². The molecule has 0 fully saturated rings. The van der Waals surface area contributed by atoms with Crippen LogP contribution in [0.1, 0.15) is 5.56 Å². The summed E-state index contributed by atoms with van der Waals surface area (Å²) in [5.74, 6) is -0.622. The first-order valence-electron chi connectivity index (χ1n) is 6.15. The van der Waals surface area contributed by atoms with E-state index >= 15 is 0 Å². The number of hydrogen-bond acceptors (Lipinski definition) is 3. The summed E-state index contributed by atoms with van der Waals surface area (Å²) in [5, 5.41) is 2.86. The van der Waals surface area contributed by atoms with Gasteiger partial charge in [-0.05, 0) is 29.8 Å². The standard InChI is InChI=1S/C15H14BrF2NO2/c1-20-13-6-9(10(16)7-14(13)21-2)8-19-12-5-3-4-11(17)15(12)18/h3-7,19H,8H2,1-2H3. The average Bonchev–Trinajstić information content (AvgIpc) is 2.49. The fourth-order valence-corrected chi connectivity index (χ4v) is 2.33. The summed E-state index contributed by atoms with van der Waals surface area (Å²) in [5.41, 5.74) is 0.938. The zero-order valence-electron chi connectivity index (χ0n) is 11.5. The minimum Gasteiger partial charge on any atom is -0.493 e. The van der Waals surface area contributed by atoms with Gasteiger partial charge in [0.25, 0.3) is 0 Å². The second-order valence-electron chi connectivity index (χ2n) is 4.25. The second kappa shape index (κ2) is 6.76. The molecule has 3 nitrogen and oxygen atoms in total. The summed E-state index contributed by atoms with van der Waals surface area (Å²) >= 11 is 3.41. The predicted octanol–water partition coefficient (Wildman–Crippen LogP) is 4.36. The van der Waals surface area contributed by atoms with Crippen molar-refractivity contribution in [2.75, 3.05) is 19.5 Å². The van der Waals surface area contributed by atoms with Crippen molar-refractivity contribution in [2.45, 2.75) is 6.54 Å². The summed E-state index contributed by atoms with van der Waals surface area (Å²) in [6.45, 7) is 0.307. The molecular weight excluding hydrogens is 344 g/mol. The number of hydrogen-bond donors (Lipinski definition) is 1. The van der Waals surface area contributed by atoms with Gasteiger partial charge in [0.15, 0.2) is 23.1 Å². The Morgan fingerprint density at radius 2 is 1.76 bits per heavy atom. The lowest BCUT2D eigenvalue weighted by atomic mass is 10.2. The van der Waals surface area contributed by atoms with Gasteiger partial charge < -0.3 is 14.8 Å². The summed E-state index contributed by atoms with van der Waals surface area (Å²) in [7, 11) is 3.08. The zero-order chi connectivity index (χ0) is 15.4. The summed E-state index contributed by atoms with van der Waals surface area (Å²) in [4.78, 5) is 0. The Morgan fingerprint density at radius 3 is 2.43 bits per heavy atom. The van der Waals surface area contributed by atoms with Crippen LogP contribution in [0.3, 0.4) is 0 Å². The third-order valence-electron chi connectivity index (χ3n) is 2.97. The summed E-state index contributed by atoms with van der Waals surface area (Å²) in [6.07, 6.45) is 0. The minimum absolute atomic E-state index is 0.108. The van der Waals surface area contributed by atoms with Gasteiger partial charge in [-0.1, -0.05) is 22.0 Å². The van der Waals surface area contributed by atoms with Crippen LogP contribution in [0, 0.1) is 11.6 Å². The normalized spacial score (nSPS) is 10.3. The first-order valence-corrected chi connectivity index (χ1v) is 6.94. The van der Waals surface area contributed by atoms with Crippen molar-refractivity contribution in [3.05, 3.63) is 52.0 Å². The molecule has 2 aromatic rings. The molecule has 0 spiro atoms. The van der Waals surface area contributed by atoms with E-state index in [1.807, 2.05) is 0 Å². The fourth-order valence-electron chi connectivity index (χ4n) is 1.86. The highest BCUT2D eigenvalue weighted by Gasteiger charge is 2.11. The van der Waals surface area contributed by atoms with Crippen molar-refractivity contribution >= 4 is 21.6 Å². The molecule has 0 saturated heterocycles. The van der Waals surface area contributed by atoms with Gasteiger partial charge in [0.05, 0.1) is 19.9 Å². The molecule has 0 aliphatic carbocycles. The van der Waals surface area contributed by atoms with Gasteiger partial charge in [0, 0.05) is 11.0 Å². The van der Waals surface area contributed by atoms with Crippen LogP contribution in [0.2, 0.25) is 0 Å². The van der Waals surface area contributed by atoms with Crippen molar-refractivity contribution in [2.24, 2.45) is 0 Å². The van der Waals surface area contributed by atoms with Crippen molar-refractivity contribution in [1.29, 1.82) is 0 Å². The van der Waals surface area contributed by atoms with E-state index < -0.39 is 11.6 Å². The first kappa shape index (κ1) is 15.6. The van der Waals surface area contributed by atoms with Crippen LogP contribution in [0.25, 0.3) is 0 Å². The van der Waals surface area contributed by atoms with Crippen LogP contribution in [0.4, 0.5) is 14.5 Å². The SMILES string of the molecule is COc1cc(Br)c(CNc2cccc(F)c2F)cc1OC. The zero-order valence-corrected chi connectivity index (χ0v) is 13.1. The molecule has 0 atom stereocenters. The van der Waals surface area contributed by atoms with Crippen molar-refractivity contribution in [3.63, 3.8) is 0 Å². The summed E-state index contributed by atoms with van der Waals surface area (Å²) < 4.78 is 37.9. The maximum absolute atomic E-state index is 13.6. The topological polar surface area (TPSA) is 30.5 Å². The number of rotatable bonds is 5. The monoisotopic (exact) mass is 357 g/mol.